The van der Waals surface area contributed by atoms with Gasteiger partial charge in [-0.15, -0.1) is 0 Å². The molecule has 0 saturated heterocycles. The topological polar surface area (TPSA) is 45.5 Å². The molecule has 33 heavy (non-hydrogen) atoms. The largest absolute Gasteiger partial charge is 0.494 e. The van der Waals surface area contributed by atoms with Gasteiger partial charge in [0.2, 0.25) is 0 Å². The van der Waals surface area contributed by atoms with Crippen molar-refractivity contribution in [3.8, 4) is 28.4 Å². The maximum Gasteiger partial charge on any atom is 0.188 e. The minimum atomic E-state index is 0.200. The van der Waals surface area contributed by atoms with Gasteiger partial charge in [0, 0.05) is 12.7 Å². The van der Waals surface area contributed by atoms with Crippen molar-refractivity contribution in [1.29, 1.82) is 0 Å². The molecule has 0 N–H and O–H groups in total. The van der Waals surface area contributed by atoms with Crippen LogP contribution in [0.2, 0.25) is 0 Å². The molecule has 1 heterocycles. The Bertz CT molecular complexity index is 1210. The number of rotatable bonds is 9. The summed E-state index contributed by atoms with van der Waals surface area (Å²) in [5.41, 5.74) is 6.12. The van der Waals surface area contributed by atoms with E-state index in [2.05, 4.69) is 37.3 Å². The van der Waals surface area contributed by atoms with Gasteiger partial charge in [0.15, 0.2) is 6.79 Å². The number of benzene rings is 3. The fourth-order valence-electron chi connectivity index (χ4n) is 3.60. The lowest BCUT2D eigenvalue weighted by Crippen LogP contribution is -2.01. The highest BCUT2D eigenvalue weighted by atomic mass is 16.7. The number of ether oxygens (including phenoxy) is 3. The molecule has 1 aromatic heterocycles. The summed E-state index contributed by atoms with van der Waals surface area (Å²) in [5, 5.41) is 4.92. The molecule has 0 unspecified atom stereocenters. The molecule has 5 heteroatoms. The first-order valence-electron chi connectivity index (χ1n) is 11.0. The van der Waals surface area contributed by atoms with Crippen molar-refractivity contribution >= 4 is 11.6 Å². The van der Waals surface area contributed by atoms with Gasteiger partial charge in [-0.2, -0.15) is 5.10 Å². The van der Waals surface area contributed by atoms with E-state index in [1.165, 1.54) is 5.56 Å². The van der Waals surface area contributed by atoms with Gasteiger partial charge in [-0.25, -0.2) is 4.68 Å². The summed E-state index contributed by atoms with van der Waals surface area (Å²) >= 11 is 0. The zero-order valence-corrected chi connectivity index (χ0v) is 19.2. The second-order valence-electron chi connectivity index (χ2n) is 7.57. The summed E-state index contributed by atoms with van der Waals surface area (Å²) in [5.74, 6) is 1.58. The quantitative estimate of drug-likeness (QED) is 0.279. The van der Waals surface area contributed by atoms with Gasteiger partial charge in [0.25, 0.3) is 0 Å². The van der Waals surface area contributed by atoms with Gasteiger partial charge < -0.3 is 14.2 Å². The van der Waals surface area contributed by atoms with E-state index in [1.807, 2.05) is 72.3 Å². The number of allylic oxidation sites excluding steroid dienone is 1. The maximum absolute atomic E-state index is 5.65. The SMILES string of the molecule is CCOc1ccc(-n2nc(/C=C(\C)c3ccccc3)cc2-c2cccc(OCOC)c2)cc1. The predicted molar refractivity (Wildman–Crippen MR) is 133 cm³/mol. The standard InChI is InChI=1S/C28H28N2O3/c1-4-32-26-15-13-25(14-16-26)30-28(23-11-8-12-27(18-23)33-20-31-3)19-24(29-30)17-21(2)22-9-6-5-7-10-22/h5-19H,4,20H2,1-3H3/b21-17+. The summed E-state index contributed by atoms with van der Waals surface area (Å²) in [6.07, 6.45) is 2.11. The fourth-order valence-corrected chi connectivity index (χ4v) is 3.60. The van der Waals surface area contributed by atoms with Crippen molar-refractivity contribution in [2.24, 2.45) is 0 Å². The Balaban J connectivity index is 1.77. The number of hydrogen-bond acceptors (Lipinski definition) is 4. The summed E-state index contributed by atoms with van der Waals surface area (Å²) in [6, 6.07) is 28.3. The fraction of sp³-hybridized carbons (Fsp3) is 0.179. The van der Waals surface area contributed by atoms with Crippen LogP contribution < -0.4 is 9.47 Å². The van der Waals surface area contributed by atoms with E-state index in [1.54, 1.807) is 7.11 Å². The van der Waals surface area contributed by atoms with Gasteiger partial charge in [-0.05, 0) is 73.5 Å². The molecule has 0 bridgehead atoms. The lowest BCUT2D eigenvalue weighted by atomic mass is 10.1. The van der Waals surface area contributed by atoms with Crippen LogP contribution >= 0.6 is 0 Å². The van der Waals surface area contributed by atoms with Crippen LogP contribution in [0.5, 0.6) is 11.5 Å². The molecular formula is C28H28N2O3. The third-order valence-electron chi connectivity index (χ3n) is 5.19. The van der Waals surface area contributed by atoms with E-state index in [9.17, 15) is 0 Å². The monoisotopic (exact) mass is 440 g/mol. The van der Waals surface area contributed by atoms with Crippen molar-refractivity contribution in [2.75, 3.05) is 20.5 Å². The van der Waals surface area contributed by atoms with Crippen LogP contribution in [0.25, 0.3) is 28.6 Å². The Labute approximate surface area is 194 Å². The van der Waals surface area contributed by atoms with E-state index >= 15 is 0 Å². The molecule has 0 fully saturated rings. The number of aromatic nitrogens is 2. The van der Waals surface area contributed by atoms with Crippen LogP contribution in [0.15, 0.2) is 84.9 Å². The average Bonchev–Trinajstić information content (AvgIpc) is 3.28. The molecule has 4 aromatic rings. The lowest BCUT2D eigenvalue weighted by molar-refractivity contribution is 0.0511. The minimum Gasteiger partial charge on any atom is -0.494 e. The molecule has 0 aliphatic rings. The minimum absolute atomic E-state index is 0.200. The summed E-state index contributed by atoms with van der Waals surface area (Å²) < 4.78 is 18.3. The molecule has 0 aliphatic carbocycles. The van der Waals surface area contributed by atoms with Crippen molar-refractivity contribution in [3.05, 3.63) is 96.2 Å². The molecule has 0 aliphatic heterocycles. The molecule has 4 rings (SSSR count). The van der Waals surface area contributed by atoms with Crippen LogP contribution in [0, 0.1) is 0 Å². The molecule has 0 spiro atoms. The van der Waals surface area contributed by atoms with Gasteiger partial charge >= 0.3 is 0 Å². The first-order valence-corrected chi connectivity index (χ1v) is 11.0. The molecule has 0 saturated carbocycles. The Morgan fingerprint density at radius 3 is 2.39 bits per heavy atom. The number of hydrogen-bond donors (Lipinski definition) is 0. The zero-order chi connectivity index (χ0) is 23.0. The Morgan fingerprint density at radius 2 is 1.67 bits per heavy atom. The Hall–Kier alpha value is -3.83. The van der Waals surface area contributed by atoms with Crippen LogP contribution in [0.3, 0.4) is 0 Å². The molecule has 0 amide bonds. The molecule has 168 valence electrons. The van der Waals surface area contributed by atoms with Crippen LogP contribution in [0.1, 0.15) is 25.1 Å². The van der Waals surface area contributed by atoms with Crippen LogP contribution in [-0.2, 0) is 4.74 Å². The average molecular weight is 441 g/mol. The van der Waals surface area contributed by atoms with E-state index in [-0.39, 0.29) is 6.79 Å². The summed E-state index contributed by atoms with van der Waals surface area (Å²) in [6.45, 7) is 4.91. The van der Waals surface area contributed by atoms with Crippen LogP contribution in [-0.4, -0.2) is 30.3 Å². The number of nitrogens with zero attached hydrogens (tertiary/aromatic N) is 2. The van der Waals surface area contributed by atoms with Crippen LogP contribution in [0.4, 0.5) is 0 Å². The van der Waals surface area contributed by atoms with E-state index in [0.717, 1.165) is 39.7 Å². The molecule has 3 aromatic carbocycles. The smallest absolute Gasteiger partial charge is 0.188 e. The van der Waals surface area contributed by atoms with Gasteiger partial charge in [0.1, 0.15) is 11.5 Å². The van der Waals surface area contributed by atoms with Crippen molar-refractivity contribution in [2.45, 2.75) is 13.8 Å². The van der Waals surface area contributed by atoms with Crippen molar-refractivity contribution in [1.82, 2.24) is 9.78 Å². The third kappa shape index (κ3) is 5.51. The van der Waals surface area contributed by atoms with Gasteiger partial charge in [0.05, 0.1) is 23.7 Å². The predicted octanol–water partition coefficient (Wildman–Crippen LogP) is 6.48. The maximum atomic E-state index is 5.65. The molecular weight excluding hydrogens is 412 g/mol. The Morgan fingerprint density at radius 1 is 0.879 bits per heavy atom. The van der Waals surface area contributed by atoms with E-state index < -0.39 is 0 Å². The second kappa shape index (κ2) is 10.7. The molecule has 5 nitrogen and oxygen atoms in total. The lowest BCUT2D eigenvalue weighted by Gasteiger charge is -2.10. The zero-order valence-electron chi connectivity index (χ0n) is 19.2. The molecule has 0 radical (unpaired) electrons. The highest BCUT2D eigenvalue weighted by Crippen LogP contribution is 2.29. The van der Waals surface area contributed by atoms with Gasteiger partial charge in [-0.3, -0.25) is 0 Å². The first kappa shape index (κ1) is 22.4. The second-order valence-corrected chi connectivity index (χ2v) is 7.57. The van der Waals surface area contributed by atoms with E-state index in [0.29, 0.717) is 6.61 Å². The highest BCUT2D eigenvalue weighted by Gasteiger charge is 2.13. The van der Waals surface area contributed by atoms with E-state index in [4.69, 9.17) is 19.3 Å². The van der Waals surface area contributed by atoms with Crippen molar-refractivity contribution < 1.29 is 14.2 Å². The van der Waals surface area contributed by atoms with Crippen molar-refractivity contribution in [3.63, 3.8) is 0 Å². The summed E-state index contributed by atoms with van der Waals surface area (Å²) in [4.78, 5) is 0. The Kier molecular flexibility index (Phi) is 7.22. The third-order valence-corrected chi connectivity index (χ3v) is 5.19. The highest BCUT2D eigenvalue weighted by molar-refractivity contribution is 5.80. The summed E-state index contributed by atoms with van der Waals surface area (Å²) in [7, 11) is 1.61. The molecule has 0 atom stereocenters. The normalized spacial score (nSPS) is 11.4. The first-order chi connectivity index (χ1) is 16.2. The number of methoxy groups -OCH3 is 1. The van der Waals surface area contributed by atoms with Gasteiger partial charge in [-0.1, -0.05) is 42.5 Å².